The number of nitrogens with one attached hydrogen (secondary N) is 1. The summed E-state index contributed by atoms with van der Waals surface area (Å²) in [4.78, 5) is 38.3. The average molecular weight is 484 g/mol. The summed E-state index contributed by atoms with van der Waals surface area (Å²) < 4.78 is 5.76. The maximum atomic E-state index is 12.6. The molecule has 1 atom stereocenters. The molecule has 4 aromatic rings. The molecule has 1 amide bonds. The number of rotatable bonds is 8. The zero-order valence-electron chi connectivity index (χ0n) is 19.6. The van der Waals surface area contributed by atoms with Gasteiger partial charge in [0.1, 0.15) is 5.52 Å². The lowest BCUT2D eigenvalue weighted by Crippen LogP contribution is -2.49. The van der Waals surface area contributed by atoms with Crippen LogP contribution >= 0.6 is 0 Å². The lowest BCUT2D eigenvalue weighted by Gasteiger charge is -2.34. The van der Waals surface area contributed by atoms with Gasteiger partial charge in [-0.3, -0.25) is 4.79 Å². The number of anilines is 2. The number of aromatic nitrogens is 5. The summed E-state index contributed by atoms with van der Waals surface area (Å²) >= 11 is 0. The average Bonchev–Trinajstić information content (AvgIpc) is 3.36. The summed E-state index contributed by atoms with van der Waals surface area (Å²) in [6.07, 6.45) is 6.11. The van der Waals surface area contributed by atoms with Gasteiger partial charge in [0, 0.05) is 57.7 Å². The van der Waals surface area contributed by atoms with Gasteiger partial charge in [-0.2, -0.15) is 5.26 Å². The molecule has 1 saturated heterocycles. The van der Waals surface area contributed by atoms with E-state index in [1.54, 1.807) is 30.7 Å². The van der Waals surface area contributed by atoms with Crippen molar-refractivity contribution in [2.75, 3.05) is 42.9 Å². The normalized spacial score (nSPS) is 14.4. The summed E-state index contributed by atoms with van der Waals surface area (Å²) in [5.74, 6) is 0.773. The molecule has 4 heterocycles. The van der Waals surface area contributed by atoms with Crippen molar-refractivity contribution in [2.24, 2.45) is 0 Å². The van der Waals surface area contributed by atoms with Crippen LogP contribution in [0.3, 0.4) is 0 Å². The Bertz CT molecular complexity index is 1330. The number of hydrogen-bond acceptors (Lipinski definition) is 10. The molecule has 11 heteroatoms. The Kier molecular flexibility index (Phi) is 6.93. The number of piperazine rings is 1. The molecule has 36 heavy (non-hydrogen) atoms. The molecule has 1 N–H and O–H groups in total. The van der Waals surface area contributed by atoms with E-state index in [4.69, 9.17) is 4.42 Å². The molecule has 5 rings (SSSR count). The molecule has 1 aliphatic heterocycles. The first-order valence-electron chi connectivity index (χ1n) is 11.8. The summed E-state index contributed by atoms with van der Waals surface area (Å²) in [5, 5.41) is 12.9. The highest BCUT2D eigenvalue weighted by molar-refractivity contribution is 5.76. The molecule has 0 radical (unpaired) electrons. The minimum atomic E-state index is -0.748. The fraction of sp³-hybridized carbons (Fsp3) is 0.320. The first kappa shape index (κ1) is 23.2. The van der Waals surface area contributed by atoms with Crippen molar-refractivity contribution in [3.05, 3.63) is 66.6 Å². The number of carbonyl (C=O) groups excluding carboxylic acids is 1. The van der Waals surface area contributed by atoms with Crippen LogP contribution in [0.5, 0.6) is 0 Å². The van der Waals surface area contributed by atoms with Gasteiger partial charge < -0.3 is 19.5 Å². The molecular weight excluding hydrogens is 458 g/mol. The lowest BCUT2D eigenvalue weighted by atomic mass is 10.1. The highest BCUT2D eigenvalue weighted by Gasteiger charge is 2.23. The van der Waals surface area contributed by atoms with Crippen LogP contribution in [0.1, 0.15) is 30.3 Å². The standard InChI is InChI=1S/C25H25N9O2/c26-17-18(23-31-20-5-1-2-6-21(20)36-23)19-8-12-28-24(32-19)27-9-3-7-22(35)33-13-15-34(16-14-33)25-29-10-4-11-30-25/h1-2,4-6,8,10-12,18H,3,7,9,13-16H2,(H,27,28,32). The zero-order valence-corrected chi connectivity index (χ0v) is 19.6. The number of nitrogens with zero attached hydrogens (tertiary/aromatic N) is 8. The van der Waals surface area contributed by atoms with E-state index in [1.807, 2.05) is 29.2 Å². The van der Waals surface area contributed by atoms with Crippen LogP contribution in [0.4, 0.5) is 11.9 Å². The first-order chi connectivity index (χ1) is 17.7. The van der Waals surface area contributed by atoms with Gasteiger partial charge in [0.05, 0.1) is 11.8 Å². The van der Waals surface area contributed by atoms with Crippen LogP contribution in [0.25, 0.3) is 11.1 Å². The minimum absolute atomic E-state index is 0.126. The number of amides is 1. The van der Waals surface area contributed by atoms with Gasteiger partial charge in [-0.05, 0) is 30.7 Å². The smallest absolute Gasteiger partial charge is 0.225 e. The molecule has 0 aliphatic carbocycles. The van der Waals surface area contributed by atoms with Gasteiger partial charge in [-0.15, -0.1) is 0 Å². The first-order valence-corrected chi connectivity index (χ1v) is 11.8. The largest absolute Gasteiger partial charge is 0.439 e. The van der Waals surface area contributed by atoms with Gasteiger partial charge in [-0.25, -0.2) is 24.9 Å². The van der Waals surface area contributed by atoms with E-state index in [2.05, 4.69) is 41.2 Å². The molecule has 3 aromatic heterocycles. The number of benzene rings is 1. The molecule has 11 nitrogen and oxygen atoms in total. The van der Waals surface area contributed by atoms with Crippen molar-refractivity contribution in [1.29, 1.82) is 5.26 Å². The quantitative estimate of drug-likeness (QED) is 0.372. The van der Waals surface area contributed by atoms with Crippen molar-refractivity contribution < 1.29 is 9.21 Å². The van der Waals surface area contributed by atoms with Gasteiger partial charge in [0.15, 0.2) is 11.5 Å². The molecule has 0 saturated carbocycles. The predicted octanol–water partition coefficient (Wildman–Crippen LogP) is 2.60. The van der Waals surface area contributed by atoms with Gasteiger partial charge in [0.25, 0.3) is 0 Å². The van der Waals surface area contributed by atoms with Crippen molar-refractivity contribution in [3.8, 4) is 6.07 Å². The zero-order chi connectivity index (χ0) is 24.7. The Morgan fingerprint density at radius 1 is 1.03 bits per heavy atom. The number of hydrogen-bond donors (Lipinski definition) is 1. The Labute approximate surface area is 207 Å². The number of para-hydroxylation sites is 2. The molecule has 0 spiro atoms. The molecule has 1 unspecified atom stereocenters. The summed E-state index contributed by atoms with van der Waals surface area (Å²) in [6.45, 7) is 3.28. The monoisotopic (exact) mass is 483 g/mol. The number of oxazole rings is 1. The van der Waals surface area contributed by atoms with Gasteiger partial charge >= 0.3 is 0 Å². The molecule has 0 bridgehead atoms. The van der Waals surface area contributed by atoms with Crippen LogP contribution in [0.2, 0.25) is 0 Å². The molecule has 1 aliphatic rings. The third-order valence-corrected chi connectivity index (χ3v) is 5.98. The van der Waals surface area contributed by atoms with Gasteiger partial charge in [-0.1, -0.05) is 12.1 Å². The van der Waals surface area contributed by atoms with Crippen molar-refractivity contribution >= 4 is 28.9 Å². The number of nitriles is 1. The Balaban J connectivity index is 1.11. The van der Waals surface area contributed by atoms with Crippen LogP contribution < -0.4 is 10.2 Å². The van der Waals surface area contributed by atoms with E-state index in [0.29, 0.717) is 67.1 Å². The van der Waals surface area contributed by atoms with Crippen LogP contribution in [-0.2, 0) is 4.79 Å². The summed E-state index contributed by atoms with van der Waals surface area (Å²) in [7, 11) is 0. The van der Waals surface area contributed by atoms with Crippen molar-refractivity contribution in [3.63, 3.8) is 0 Å². The topological polar surface area (TPSA) is 137 Å². The van der Waals surface area contributed by atoms with E-state index in [0.717, 1.165) is 13.1 Å². The highest BCUT2D eigenvalue weighted by Crippen LogP contribution is 2.26. The summed E-state index contributed by atoms with van der Waals surface area (Å²) in [5.41, 5.74) is 1.82. The fourth-order valence-corrected chi connectivity index (χ4v) is 4.09. The Morgan fingerprint density at radius 2 is 1.83 bits per heavy atom. The minimum Gasteiger partial charge on any atom is -0.439 e. The maximum Gasteiger partial charge on any atom is 0.225 e. The molecule has 182 valence electrons. The van der Waals surface area contributed by atoms with E-state index in [-0.39, 0.29) is 5.91 Å². The fourth-order valence-electron chi connectivity index (χ4n) is 4.09. The van der Waals surface area contributed by atoms with Crippen molar-refractivity contribution in [2.45, 2.75) is 18.8 Å². The second-order valence-electron chi connectivity index (χ2n) is 8.33. The third-order valence-electron chi connectivity index (χ3n) is 5.98. The Morgan fingerprint density at radius 3 is 2.61 bits per heavy atom. The van der Waals surface area contributed by atoms with E-state index < -0.39 is 5.92 Å². The van der Waals surface area contributed by atoms with Gasteiger partial charge in [0.2, 0.25) is 23.7 Å². The predicted molar refractivity (Wildman–Crippen MR) is 132 cm³/mol. The van der Waals surface area contributed by atoms with E-state index in [9.17, 15) is 10.1 Å². The SMILES string of the molecule is N#CC(c1ccnc(NCCCC(=O)N2CCN(c3ncccn3)CC2)n1)c1nc2ccccc2o1. The van der Waals surface area contributed by atoms with Crippen molar-refractivity contribution in [1.82, 2.24) is 29.8 Å². The Hall–Kier alpha value is -4.59. The van der Waals surface area contributed by atoms with Crippen LogP contribution in [0.15, 0.2) is 59.4 Å². The maximum absolute atomic E-state index is 12.6. The van der Waals surface area contributed by atoms with Crippen LogP contribution in [-0.4, -0.2) is 68.5 Å². The van der Waals surface area contributed by atoms with Crippen LogP contribution in [0, 0.1) is 11.3 Å². The molecule has 1 fully saturated rings. The van der Waals surface area contributed by atoms with E-state index in [1.165, 1.54) is 0 Å². The molecular formula is C25H25N9O2. The second kappa shape index (κ2) is 10.8. The second-order valence-corrected chi connectivity index (χ2v) is 8.33. The number of fused-ring (bicyclic) bond motifs is 1. The molecule has 1 aromatic carbocycles. The lowest BCUT2D eigenvalue weighted by molar-refractivity contribution is -0.131. The third kappa shape index (κ3) is 5.22. The number of carbonyl (C=O) groups is 1. The van der Waals surface area contributed by atoms with E-state index >= 15 is 0 Å². The summed E-state index contributed by atoms with van der Waals surface area (Å²) in [6, 6.07) is 13.1. The highest BCUT2D eigenvalue weighted by atomic mass is 16.3.